The van der Waals surface area contributed by atoms with Crippen molar-refractivity contribution in [2.45, 2.75) is 26.8 Å². The van der Waals surface area contributed by atoms with Crippen molar-refractivity contribution in [3.8, 4) is 0 Å². The molecule has 19 heavy (non-hydrogen) atoms. The fourth-order valence-electron chi connectivity index (χ4n) is 1.85. The number of anilines is 1. The van der Waals surface area contributed by atoms with E-state index < -0.39 is 5.97 Å². The topological polar surface area (TPSA) is 40.5 Å². The van der Waals surface area contributed by atoms with Gasteiger partial charge in [0.05, 0.1) is 5.69 Å². The maximum atomic E-state index is 14.0. The highest BCUT2D eigenvalue weighted by Crippen LogP contribution is 2.28. The van der Waals surface area contributed by atoms with E-state index in [1.54, 1.807) is 12.1 Å². The van der Waals surface area contributed by atoms with Gasteiger partial charge in [0.2, 0.25) is 0 Å². The monoisotopic (exact) mass is 265 g/mol. The highest BCUT2D eigenvalue weighted by molar-refractivity contribution is 5.87. The molecule has 0 radical (unpaired) electrons. The Kier molecular flexibility index (Phi) is 5.10. The predicted molar refractivity (Wildman–Crippen MR) is 75.8 cm³/mol. The van der Waals surface area contributed by atoms with Gasteiger partial charge in [0.15, 0.2) is 0 Å². The third-order valence-corrected chi connectivity index (χ3v) is 3.35. The van der Waals surface area contributed by atoms with Crippen LogP contribution < -0.4 is 4.90 Å². The minimum Gasteiger partial charge on any atom is -0.478 e. The summed E-state index contributed by atoms with van der Waals surface area (Å²) in [5.41, 5.74) is 0.999. The third kappa shape index (κ3) is 3.81. The molecule has 1 N–H and O–H groups in total. The summed E-state index contributed by atoms with van der Waals surface area (Å²) in [6.07, 6.45) is 2.44. The molecule has 1 atom stereocenters. The van der Waals surface area contributed by atoms with E-state index in [0.717, 1.165) is 6.08 Å². The van der Waals surface area contributed by atoms with Gasteiger partial charge < -0.3 is 10.0 Å². The quantitative estimate of drug-likeness (QED) is 0.829. The molecular formula is C15H20FNO2. The van der Waals surface area contributed by atoms with Crippen LogP contribution in [0.25, 0.3) is 6.08 Å². The largest absolute Gasteiger partial charge is 0.478 e. The van der Waals surface area contributed by atoms with Gasteiger partial charge in [0, 0.05) is 24.7 Å². The SMILES string of the molecule is CC(C)C(C)N(C)c1c(F)cccc1/C=C/C(=O)O. The standard InChI is InChI=1S/C15H20FNO2/c1-10(2)11(3)17(4)15-12(8-9-14(18)19)6-5-7-13(15)16/h5-11H,1-4H3,(H,18,19)/b9-8+. The number of carboxylic acid groups (broad SMARTS) is 1. The van der Waals surface area contributed by atoms with Gasteiger partial charge in [0.1, 0.15) is 5.82 Å². The number of benzene rings is 1. The first-order valence-corrected chi connectivity index (χ1v) is 6.27. The lowest BCUT2D eigenvalue weighted by atomic mass is 10.0. The Labute approximate surface area is 113 Å². The molecule has 0 saturated carbocycles. The summed E-state index contributed by atoms with van der Waals surface area (Å²) in [6, 6.07) is 4.82. The lowest BCUT2D eigenvalue weighted by molar-refractivity contribution is -0.131. The maximum Gasteiger partial charge on any atom is 0.328 e. The summed E-state index contributed by atoms with van der Waals surface area (Å²) >= 11 is 0. The molecule has 1 aromatic carbocycles. The second-order valence-corrected chi connectivity index (χ2v) is 4.94. The van der Waals surface area contributed by atoms with E-state index in [-0.39, 0.29) is 11.9 Å². The van der Waals surface area contributed by atoms with Gasteiger partial charge in [0.25, 0.3) is 0 Å². The molecular weight excluding hydrogens is 245 g/mol. The van der Waals surface area contributed by atoms with E-state index in [1.165, 1.54) is 12.1 Å². The van der Waals surface area contributed by atoms with Crippen molar-refractivity contribution in [3.05, 3.63) is 35.7 Å². The second-order valence-electron chi connectivity index (χ2n) is 4.94. The average Bonchev–Trinajstić information content (AvgIpc) is 2.34. The second kappa shape index (κ2) is 6.36. The summed E-state index contributed by atoms with van der Waals surface area (Å²) in [5.74, 6) is -1.03. The van der Waals surface area contributed by atoms with Gasteiger partial charge in [-0.15, -0.1) is 0 Å². The molecule has 0 aromatic heterocycles. The number of carboxylic acids is 1. The average molecular weight is 265 g/mol. The summed E-state index contributed by atoms with van der Waals surface area (Å²) in [7, 11) is 1.82. The lowest BCUT2D eigenvalue weighted by Crippen LogP contribution is -2.34. The molecule has 0 fully saturated rings. The molecule has 1 aromatic rings. The number of rotatable bonds is 5. The first kappa shape index (κ1) is 15.2. The van der Waals surface area contributed by atoms with E-state index in [4.69, 9.17) is 5.11 Å². The van der Waals surface area contributed by atoms with Crippen LogP contribution in [0.15, 0.2) is 24.3 Å². The molecule has 0 aliphatic carbocycles. The van der Waals surface area contributed by atoms with Crippen LogP contribution in [0.2, 0.25) is 0 Å². The zero-order valence-electron chi connectivity index (χ0n) is 11.7. The molecule has 0 aliphatic heterocycles. The normalized spacial score (nSPS) is 12.9. The molecule has 0 amide bonds. The van der Waals surface area contributed by atoms with Gasteiger partial charge in [-0.1, -0.05) is 26.0 Å². The molecule has 0 aliphatic rings. The van der Waals surface area contributed by atoms with Crippen molar-refractivity contribution in [2.24, 2.45) is 5.92 Å². The zero-order chi connectivity index (χ0) is 14.6. The number of halogens is 1. The Hall–Kier alpha value is -1.84. The summed E-state index contributed by atoms with van der Waals surface area (Å²) in [4.78, 5) is 12.4. The number of nitrogens with zero attached hydrogens (tertiary/aromatic N) is 1. The third-order valence-electron chi connectivity index (χ3n) is 3.35. The summed E-state index contributed by atoms with van der Waals surface area (Å²) in [5, 5.41) is 8.68. The fourth-order valence-corrected chi connectivity index (χ4v) is 1.85. The van der Waals surface area contributed by atoms with Gasteiger partial charge >= 0.3 is 5.97 Å². The van der Waals surface area contributed by atoms with Crippen LogP contribution in [0.1, 0.15) is 26.3 Å². The zero-order valence-corrected chi connectivity index (χ0v) is 11.7. The van der Waals surface area contributed by atoms with E-state index in [0.29, 0.717) is 17.2 Å². The van der Waals surface area contributed by atoms with Crippen LogP contribution >= 0.6 is 0 Å². The van der Waals surface area contributed by atoms with E-state index >= 15 is 0 Å². The Balaban J connectivity index is 3.21. The highest BCUT2D eigenvalue weighted by Gasteiger charge is 2.19. The summed E-state index contributed by atoms with van der Waals surface area (Å²) in [6.45, 7) is 6.14. The van der Waals surface area contributed by atoms with Crippen molar-refractivity contribution in [2.75, 3.05) is 11.9 Å². The Bertz CT molecular complexity index is 483. The minimum atomic E-state index is -1.05. The van der Waals surface area contributed by atoms with Crippen molar-refractivity contribution in [1.29, 1.82) is 0 Å². The van der Waals surface area contributed by atoms with Crippen molar-refractivity contribution in [3.63, 3.8) is 0 Å². The van der Waals surface area contributed by atoms with Gasteiger partial charge in [-0.05, 0) is 25.0 Å². The number of carbonyl (C=O) groups is 1. The first-order chi connectivity index (χ1) is 8.84. The van der Waals surface area contributed by atoms with Gasteiger partial charge in [-0.3, -0.25) is 0 Å². The fraction of sp³-hybridized carbons (Fsp3) is 0.400. The smallest absolute Gasteiger partial charge is 0.328 e. The molecule has 3 nitrogen and oxygen atoms in total. The number of hydrogen-bond donors (Lipinski definition) is 1. The molecule has 4 heteroatoms. The Morgan fingerprint density at radius 2 is 2.00 bits per heavy atom. The Morgan fingerprint density at radius 1 is 1.37 bits per heavy atom. The lowest BCUT2D eigenvalue weighted by Gasteiger charge is -2.31. The molecule has 104 valence electrons. The predicted octanol–water partition coefficient (Wildman–Crippen LogP) is 3.40. The summed E-state index contributed by atoms with van der Waals surface area (Å²) < 4.78 is 14.0. The van der Waals surface area contributed by atoms with Crippen LogP contribution in [-0.4, -0.2) is 24.2 Å². The molecule has 0 spiro atoms. The van der Waals surface area contributed by atoms with Crippen LogP contribution in [0.3, 0.4) is 0 Å². The molecule has 0 heterocycles. The number of para-hydroxylation sites is 1. The van der Waals surface area contributed by atoms with Crippen molar-refractivity contribution < 1.29 is 14.3 Å². The molecule has 1 unspecified atom stereocenters. The van der Waals surface area contributed by atoms with Crippen LogP contribution in [0, 0.1) is 11.7 Å². The number of aliphatic carboxylic acids is 1. The molecule has 0 bridgehead atoms. The molecule has 0 saturated heterocycles. The van der Waals surface area contributed by atoms with Crippen molar-refractivity contribution in [1.82, 2.24) is 0 Å². The Morgan fingerprint density at radius 3 is 2.53 bits per heavy atom. The number of hydrogen-bond acceptors (Lipinski definition) is 2. The van der Waals surface area contributed by atoms with E-state index in [2.05, 4.69) is 13.8 Å². The maximum absolute atomic E-state index is 14.0. The van der Waals surface area contributed by atoms with Crippen LogP contribution in [-0.2, 0) is 4.79 Å². The minimum absolute atomic E-state index is 0.147. The highest BCUT2D eigenvalue weighted by atomic mass is 19.1. The van der Waals surface area contributed by atoms with Crippen LogP contribution in [0.5, 0.6) is 0 Å². The van der Waals surface area contributed by atoms with Crippen LogP contribution in [0.4, 0.5) is 10.1 Å². The van der Waals surface area contributed by atoms with Gasteiger partial charge in [-0.25, -0.2) is 9.18 Å². The van der Waals surface area contributed by atoms with Crippen molar-refractivity contribution >= 4 is 17.7 Å². The molecule has 1 rings (SSSR count). The van der Waals surface area contributed by atoms with Gasteiger partial charge in [-0.2, -0.15) is 0 Å². The first-order valence-electron chi connectivity index (χ1n) is 6.27. The van der Waals surface area contributed by atoms with E-state index in [1.807, 2.05) is 18.9 Å². The van der Waals surface area contributed by atoms with E-state index in [9.17, 15) is 9.18 Å².